The Balaban J connectivity index is 2.26. The molecule has 0 saturated carbocycles. The van der Waals surface area contributed by atoms with Crippen LogP contribution in [0.1, 0.15) is 11.1 Å². The van der Waals surface area contributed by atoms with E-state index >= 15 is 0 Å². The lowest BCUT2D eigenvalue weighted by molar-refractivity contribution is 0.202. The van der Waals surface area contributed by atoms with Gasteiger partial charge in [-0.3, -0.25) is 0 Å². The highest BCUT2D eigenvalue weighted by molar-refractivity contribution is 5.65. The van der Waals surface area contributed by atoms with Gasteiger partial charge in [0, 0.05) is 19.2 Å². The van der Waals surface area contributed by atoms with Gasteiger partial charge in [-0.15, -0.1) is 0 Å². The summed E-state index contributed by atoms with van der Waals surface area (Å²) in [7, 11) is 1.68. The lowest BCUT2D eigenvalue weighted by Crippen LogP contribution is -1.98. The molecule has 0 spiro atoms. The molecule has 0 saturated heterocycles. The molecule has 2 N–H and O–H groups in total. The molecule has 19 heavy (non-hydrogen) atoms. The summed E-state index contributed by atoms with van der Waals surface area (Å²) in [4.78, 5) is 0. The normalized spacial score (nSPS) is 10.7. The minimum Gasteiger partial charge on any atom is -0.384 e. The van der Waals surface area contributed by atoms with Gasteiger partial charge >= 0.3 is 0 Å². The highest BCUT2D eigenvalue weighted by Gasteiger charge is 2.06. The topological polar surface area (TPSA) is 35.2 Å². The highest BCUT2D eigenvalue weighted by Crippen LogP contribution is 2.24. The van der Waals surface area contributed by atoms with E-state index < -0.39 is 0 Å². The first kappa shape index (κ1) is 13.7. The van der Waals surface area contributed by atoms with Crippen molar-refractivity contribution in [3.05, 3.63) is 59.4 Å². The summed E-state index contributed by atoms with van der Waals surface area (Å²) in [6.07, 6.45) is 0.863. The van der Waals surface area contributed by atoms with Crippen molar-refractivity contribution in [1.29, 1.82) is 0 Å². The molecule has 0 aliphatic carbocycles. The van der Waals surface area contributed by atoms with Gasteiger partial charge in [-0.2, -0.15) is 0 Å². The number of benzene rings is 2. The predicted octanol–water partition coefficient (Wildman–Crippen LogP) is 3.14. The summed E-state index contributed by atoms with van der Waals surface area (Å²) < 4.78 is 18.9. The summed E-state index contributed by atoms with van der Waals surface area (Å²) in [6.45, 7) is 1.11. The fourth-order valence-corrected chi connectivity index (χ4v) is 1.99. The van der Waals surface area contributed by atoms with Crippen LogP contribution in [0.4, 0.5) is 4.39 Å². The van der Waals surface area contributed by atoms with Gasteiger partial charge in [0.2, 0.25) is 0 Å². The van der Waals surface area contributed by atoms with Crippen molar-refractivity contribution in [2.24, 2.45) is 5.73 Å². The molecule has 2 nitrogen and oxygen atoms in total. The van der Waals surface area contributed by atoms with E-state index in [-0.39, 0.29) is 5.82 Å². The van der Waals surface area contributed by atoms with Gasteiger partial charge in [0.15, 0.2) is 0 Å². The Morgan fingerprint density at radius 2 is 1.74 bits per heavy atom. The molecule has 0 aromatic heterocycles. The first-order chi connectivity index (χ1) is 9.24. The number of hydrogen-bond acceptors (Lipinski definition) is 2. The average Bonchev–Trinajstić information content (AvgIpc) is 2.46. The van der Waals surface area contributed by atoms with Crippen LogP contribution in [-0.2, 0) is 17.7 Å². The summed E-state index contributed by atoms with van der Waals surface area (Å²) in [5.74, 6) is -0.221. The van der Waals surface area contributed by atoms with Crippen LogP contribution in [-0.4, -0.2) is 13.7 Å². The third kappa shape index (κ3) is 3.40. The Labute approximate surface area is 113 Å². The molecule has 100 valence electrons. The lowest BCUT2D eigenvalue weighted by atomic mass is 10.0. The van der Waals surface area contributed by atoms with Crippen molar-refractivity contribution in [2.45, 2.75) is 13.0 Å². The minimum absolute atomic E-state index is 0.221. The van der Waals surface area contributed by atoms with Crippen LogP contribution in [0, 0.1) is 5.82 Å². The predicted molar refractivity (Wildman–Crippen MR) is 75.3 cm³/mol. The van der Waals surface area contributed by atoms with Crippen LogP contribution in [0.25, 0.3) is 11.1 Å². The van der Waals surface area contributed by atoms with E-state index in [9.17, 15) is 4.39 Å². The number of halogens is 1. The molecule has 0 heterocycles. The van der Waals surface area contributed by atoms with E-state index in [1.807, 2.05) is 24.3 Å². The molecule has 3 heteroatoms. The Morgan fingerprint density at radius 3 is 2.37 bits per heavy atom. The van der Waals surface area contributed by atoms with Crippen molar-refractivity contribution >= 4 is 0 Å². The van der Waals surface area contributed by atoms with Gasteiger partial charge in [-0.1, -0.05) is 30.3 Å². The second kappa shape index (κ2) is 6.45. The van der Waals surface area contributed by atoms with Crippen LogP contribution in [0.3, 0.4) is 0 Å². The summed E-state index contributed by atoms with van der Waals surface area (Å²) in [5, 5.41) is 0. The Kier molecular flexibility index (Phi) is 4.66. The SMILES string of the molecule is COCCc1ccc(-c2cc(CN)ccc2F)cc1. The highest BCUT2D eigenvalue weighted by atomic mass is 19.1. The average molecular weight is 259 g/mol. The van der Waals surface area contributed by atoms with Gasteiger partial charge < -0.3 is 10.5 Å². The molecule has 0 radical (unpaired) electrons. The van der Waals surface area contributed by atoms with Crippen LogP contribution < -0.4 is 5.73 Å². The second-order valence-electron chi connectivity index (χ2n) is 4.46. The smallest absolute Gasteiger partial charge is 0.131 e. The molecule has 0 aliphatic rings. The molecule has 0 fully saturated rings. The molecular formula is C16H18FNO. The standard InChI is InChI=1S/C16H18FNO/c1-19-9-8-12-2-5-14(6-3-12)15-10-13(11-18)4-7-16(15)17/h2-7,10H,8-9,11,18H2,1H3. The maximum absolute atomic E-state index is 13.8. The fourth-order valence-electron chi connectivity index (χ4n) is 1.99. The molecule has 0 amide bonds. The zero-order chi connectivity index (χ0) is 13.7. The summed E-state index contributed by atoms with van der Waals surface area (Å²) in [6, 6.07) is 12.9. The van der Waals surface area contributed by atoms with Gasteiger partial charge in [-0.25, -0.2) is 4.39 Å². The zero-order valence-electron chi connectivity index (χ0n) is 11.0. The largest absolute Gasteiger partial charge is 0.384 e. The molecule has 2 aromatic rings. The van der Waals surface area contributed by atoms with Crippen LogP contribution in [0.15, 0.2) is 42.5 Å². The van der Waals surface area contributed by atoms with Crippen molar-refractivity contribution in [1.82, 2.24) is 0 Å². The van der Waals surface area contributed by atoms with E-state index in [1.165, 1.54) is 11.6 Å². The quantitative estimate of drug-likeness (QED) is 0.895. The summed E-state index contributed by atoms with van der Waals surface area (Å²) in [5.41, 5.74) is 9.17. The molecule has 0 unspecified atom stereocenters. The van der Waals surface area contributed by atoms with E-state index in [4.69, 9.17) is 10.5 Å². The lowest BCUT2D eigenvalue weighted by Gasteiger charge is -2.07. The Morgan fingerprint density at radius 1 is 1.05 bits per heavy atom. The number of methoxy groups -OCH3 is 1. The molecule has 0 bridgehead atoms. The summed E-state index contributed by atoms with van der Waals surface area (Å²) >= 11 is 0. The number of nitrogens with two attached hydrogens (primary N) is 1. The zero-order valence-corrected chi connectivity index (χ0v) is 11.0. The first-order valence-corrected chi connectivity index (χ1v) is 6.31. The van der Waals surface area contributed by atoms with Gasteiger partial charge in [0.1, 0.15) is 5.82 Å². The molecule has 0 atom stereocenters. The first-order valence-electron chi connectivity index (χ1n) is 6.31. The number of rotatable bonds is 5. The van der Waals surface area contributed by atoms with E-state index in [2.05, 4.69) is 0 Å². The van der Waals surface area contributed by atoms with E-state index in [0.717, 1.165) is 17.5 Å². The second-order valence-corrected chi connectivity index (χ2v) is 4.46. The third-order valence-electron chi connectivity index (χ3n) is 3.13. The fraction of sp³-hybridized carbons (Fsp3) is 0.250. The maximum Gasteiger partial charge on any atom is 0.131 e. The molecule has 2 aromatic carbocycles. The number of ether oxygens (including phenoxy) is 1. The molecular weight excluding hydrogens is 241 g/mol. The van der Waals surface area contributed by atoms with Gasteiger partial charge in [-0.05, 0) is 35.2 Å². The van der Waals surface area contributed by atoms with Gasteiger partial charge in [0.05, 0.1) is 6.61 Å². The minimum atomic E-state index is -0.221. The van der Waals surface area contributed by atoms with Crippen LogP contribution in [0.5, 0.6) is 0 Å². The van der Waals surface area contributed by atoms with Crippen LogP contribution in [0.2, 0.25) is 0 Å². The molecule has 0 aliphatic heterocycles. The monoisotopic (exact) mass is 259 g/mol. The Bertz CT molecular complexity index is 537. The Hall–Kier alpha value is -1.71. The van der Waals surface area contributed by atoms with Crippen molar-refractivity contribution in [3.8, 4) is 11.1 Å². The van der Waals surface area contributed by atoms with E-state index in [1.54, 1.807) is 19.2 Å². The van der Waals surface area contributed by atoms with Crippen molar-refractivity contribution in [2.75, 3.05) is 13.7 Å². The van der Waals surface area contributed by atoms with Crippen molar-refractivity contribution < 1.29 is 9.13 Å². The number of hydrogen-bond donors (Lipinski definition) is 1. The third-order valence-corrected chi connectivity index (χ3v) is 3.13. The van der Waals surface area contributed by atoms with Crippen LogP contribution >= 0.6 is 0 Å². The maximum atomic E-state index is 13.8. The van der Waals surface area contributed by atoms with Crippen molar-refractivity contribution in [3.63, 3.8) is 0 Å². The molecule has 2 rings (SSSR count). The van der Waals surface area contributed by atoms with Gasteiger partial charge in [0.25, 0.3) is 0 Å². The van der Waals surface area contributed by atoms with E-state index in [0.29, 0.717) is 18.7 Å².